The Bertz CT molecular complexity index is 408. The highest BCUT2D eigenvalue weighted by Gasteiger charge is 2.28. The van der Waals surface area contributed by atoms with Gasteiger partial charge in [0, 0.05) is 0 Å². The zero-order valence-corrected chi connectivity index (χ0v) is 9.03. The standard InChI is InChI=1S/C10H10F3NO4/c11-10(12,13)6-18-14-9(16)5-17-8-4-2-1-3-7(8)15/h1-4,15H,5-6H2,(H,14,16). The highest BCUT2D eigenvalue weighted by atomic mass is 19.4. The van der Waals surface area contributed by atoms with Crippen LogP contribution in [0.2, 0.25) is 0 Å². The van der Waals surface area contributed by atoms with E-state index in [1.807, 2.05) is 0 Å². The molecule has 1 aromatic carbocycles. The number of carbonyl (C=O) groups is 1. The van der Waals surface area contributed by atoms with Crippen molar-refractivity contribution < 1.29 is 32.6 Å². The van der Waals surface area contributed by atoms with Crippen LogP contribution in [0, 0.1) is 0 Å². The van der Waals surface area contributed by atoms with Crippen molar-refractivity contribution in [3.8, 4) is 11.5 Å². The summed E-state index contributed by atoms with van der Waals surface area (Å²) < 4.78 is 39.9. The Morgan fingerprint density at radius 2 is 2.00 bits per heavy atom. The van der Waals surface area contributed by atoms with Crippen molar-refractivity contribution in [3.63, 3.8) is 0 Å². The Labute approximate surface area is 100 Å². The van der Waals surface area contributed by atoms with E-state index in [0.29, 0.717) is 0 Å². The summed E-state index contributed by atoms with van der Waals surface area (Å²) in [6.07, 6.45) is -4.52. The van der Waals surface area contributed by atoms with E-state index in [4.69, 9.17) is 4.74 Å². The molecule has 0 aliphatic carbocycles. The molecule has 0 bridgehead atoms. The van der Waals surface area contributed by atoms with Crippen LogP contribution in [0.25, 0.3) is 0 Å². The fourth-order valence-electron chi connectivity index (χ4n) is 0.950. The molecule has 0 atom stereocenters. The van der Waals surface area contributed by atoms with Gasteiger partial charge in [0.25, 0.3) is 5.91 Å². The van der Waals surface area contributed by atoms with E-state index in [0.717, 1.165) is 0 Å². The van der Waals surface area contributed by atoms with Gasteiger partial charge < -0.3 is 9.84 Å². The molecule has 0 fully saturated rings. The normalized spacial score (nSPS) is 11.1. The highest BCUT2D eigenvalue weighted by molar-refractivity contribution is 5.76. The summed E-state index contributed by atoms with van der Waals surface area (Å²) in [6.45, 7) is -2.16. The lowest BCUT2D eigenvalue weighted by Crippen LogP contribution is -2.32. The molecule has 5 nitrogen and oxygen atoms in total. The Morgan fingerprint density at radius 1 is 1.33 bits per heavy atom. The summed E-state index contributed by atoms with van der Waals surface area (Å²) in [5.74, 6) is -1.03. The van der Waals surface area contributed by atoms with Crippen LogP contribution in [-0.4, -0.2) is 30.4 Å². The van der Waals surface area contributed by atoms with Crippen molar-refractivity contribution >= 4 is 5.91 Å². The van der Waals surface area contributed by atoms with Crippen LogP contribution in [0.4, 0.5) is 13.2 Å². The smallest absolute Gasteiger partial charge is 0.414 e. The Kier molecular flexibility index (Phi) is 4.78. The minimum atomic E-state index is -4.52. The Hall–Kier alpha value is -1.96. The first-order valence-electron chi connectivity index (χ1n) is 4.76. The number of aromatic hydroxyl groups is 1. The molecule has 0 aromatic heterocycles. The van der Waals surface area contributed by atoms with E-state index in [-0.39, 0.29) is 11.5 Å². The molecule has 0 aliphatic heterocycles. The van der Waals surface area contributed by atoms with Gasteiger partial charge in [0.15, 0.2) is 24.7 Å². The summed E-state index contributed by atoms with van der Waals surface area (Å²) in [6, 6.07) is 5.86. The van der Waals surface area contributed by atoms with Crippen molar-refractivity contribution in [3.05, 3.63) is 24.3 Å². The third-order valence-corrected chi connectivity index (χ3v) is 1.65. The Balaban J connectivity index is 2.28. The maximum absolute atomic E-state index is 11.7. The van der Waals surface area contributed by atoms with Crippen LogP contribution >= 0.6 is 0 Å². The second kappa shape index (κ2) is 6.10. The van der Waals surface area contributed by atoms with Crippen LogP contribution in [0.1, 0.15) is 0 Å². The van der Waals surface area contributed by atoms with Crippen molar-refractivity contribution in [2.45, 2.75) is 6.18 Å². The van der Waals surface area contributed by atoms with Gasteiger partial charge in [-0.25, -0.2) is 5.48 Å². The number of phenols is 1. The van der Waals surface area contributed by atoms with Gasteiger partial charge in [0.05, 0.1) is 0 Å². The Morgan fingerprint density at radius 3 is 2.61 bits per heavy atom. The number of para-hydroxylation sites is 2. The maximum atomic E-state index is 11.7. The fourth-order valence-corrected chi connectivity index (χ4v) is 0.950. The number of nitrogens with one attached hydrogen (secondary N) is 1. The summed E-state index contributed by atoms with van der Waals surface area (Å²) in [5.41, 5.74) is 1.56. The summed E-state index contributed by atoms with van der Waals surface area (Å²) in [4.78, 5) is 14.9. The monoisotopic (exact) mass is 265 g/mol. The lowest BCUT2D eigenvalue weighted by Gasteiger charge is -2.09. The van der Waals surface area contributed by atoms with E-state index in [1.165, 1.54) is 12.1 Å². The van der Waals surface area contributed by atoms with Crippen LogP contribution in [0.3, 0.4) is 0 Å². The second-order valence-electron chi connectivity index (χ2n) is 3.19. The molecule has 0 heterocycles. The maximum Gasteiger partial charge on any atom is 0.414 e. The van der Waals surface area contributed by atoms with Gasteiger partial charge in [-0.15, -0.1) is 0 Å². The quantitative estimate of drug-likeness (QED) is 0.789. The number of alkyl halides is 3. The first-order valence-corrected chi connectivity index (χ1v) is 4.76. The molecule has 2 N–H and O–H groups in total. The van der Waals surface area contributed by atoms with E-state index in [9.17, 15) is 23.1 Å². The minimum absolute atomic E-state index is 0.0449. The predicted octanol–water partition coefficient (Wildman–Crippen LogP) is 1.38. The number of ether oxygens (including phenoxy) is 1. The molecule has 0 saturated carbocycles. The number of rotatable bonds is 5. The largest absolute Gasteiger partial charge is 0.504 e. The molecule has 0 unspecified atom stereocenters. The number of benzene rings is 1. The summed E-state index contributed by atoms with van der Waals surface area (Å²) >= 11 is 0. The van der Waals surface area contributed by atoms with Gasteiger partial charge in [-0.2, -0.15) is 13.2 Å². The predicted molar refractivity (Wildman–Crippen MR) is 53.8 cm³/mol. The van der Waals surface area contributed by atoms with Crippen molar-refractivity contribution in [1.82, 2.24) is 5.48 Å². The van der Waals surface area contributed by atoms with E-state index >= 15 is 0 Å². The van der Waals surface area contributed by atoms with Gasteiger partial charge in [-0.3, -0.25) is 9.63 Å². The zero-order valence-electron chi connectivity index (χ0n) is 9.03. The molecule has 1 aromatic rings. The average Bonchev–Trinajstić information content (AvgIpc) is 2.26. The first-order chi connectivity index (χ1) is 8.38. The van der Waals surface area contributed by atoms with E-state index in [2.05, 4.69) is 4.84 Å². The molecule has 100 valence electrons. The lowest BCUT2D eigenvalue weighted by molar-refractivity contribution is -0.192. The number of carbonyl (C=O) groups excluding carboxylic acids is 1. The molecule has 0 saturated heterocycles. The van der Waals surface area contributed by atoms with Crippen LogP contribution < -0.4 is 10.2 Å². The van der Waals surface area contributed by atoms with Gasteiger partial charge in [-0.05, 0) is 12.1 Å². The fraction of sp³-hybridized carbons (Fsp3) is 0.300. The van der Waals surface area contributed by atoms with Crippen molar-refractivity contribution in [2.24, 2.45) is 0 Å². The summed E-state index contributed by atoms with van der Waals surface area (Å²) in [5, 5.41) is 9.27. The van der Waals surface area contributed by atoms with Crippen LogP contribution in [-0.2, 0) is 9.63 Å². The molecule has 1 rings (SSSR count). The number of phenolic OH excluding ortho intramolecular Hbond substituents is 1. The molecular weight excluding hydrogens is 255 g/mol. The molecule has 0 radical (unpaired) electrons. The SMILES string of the molecule is O=C(COc1ccccc1O)NOCC(F)(F)F. The minimum Gasteiger partial charge on any atom is -0.504 e. The van der Waals surface area contributed by atoms with Gasteiger partial charge in [0.1, 0.15) is 0 Å². The molecule has 18 heavy (non-hydrogen) atoms. The molecular formula is C10H10F3NO4. The van der Waals surface area contributed by atoms with Crippen molar-refractivity contribution in [1.29, 1.82) is 0 Å². The third kappa shape index (κ3) is 5.39. The summed E-state index contributed by atoms with van der Waals surface area (Å²) in [7, 11) is 0. The average molecular weight is 265 g/mol. The number of hydroxylamine groups is 1. The molecule has 1 amide bonds. The first kappa shape index (κ1) is 14.1. The zero-order chi connectivity index (χ0) is 13.6. The number of halogens is 3. The van der Waals surface area contributed by atoms with Crippen LogP contribution in [0.15, 0.2) is 24.3 Å². The molecule has 0 aliphatic rings. The highest BCUT2D eigenvalue weighted by Crippen LogP contribution is 2.23. The van der Waals surface area contributed by atoms with Gasteiger partial charge >= 0.3 is 6.18 Å². The van der Waals surface area contributed by atoms with E-state index < -0.39 is 25.3 Å². The van der Waals surface area contributed by atoms with Crippen molar-refractivity contribution in [2.75, 3.05) is 13.2 Å². The topological polar surface area (TPSA) is 67.8 Å². The third-order valence-electron chi connectivity index (χ3n) is 1.65. The van der Waals surface area contributed by atoms with Crippen LogP contribution in [0.5, 0.6) is 11.5 Å². The number of hydrogen-bond donors (Lipinski definition) is 2. The van der Waals surface area contributed by atoms with E-state index in [1.54, 1.807) is 17.6 Å². The van der Waals surface area contributed by atoms with Gasteiger partial charge in [-0.1, -0.05) is 12.1 Å². The second-order valence-corrected chi connectivity index (χ2v) is 3.19. The number of amides is 1. The lowest BCUT2D eigenvalue weighted by atomic mass is 10.3. The number of hydrogen-bond acceptors (Lipinski definition) is 4. The van der Waals surface area contributed by atoms with Gasteiger partial charge in [0.2, 0.25) is 0 Å². The molecule has 0 spiro atoms. The molecule has 8 heteroatoms.